The second-order valence-electron chi connectivity index (χ2n) is 6.53. The first-order valence-electron chi connectivity index (χ1n) is 9.11. The van der Waals surface area contributed by atoms with Gasteiger partial charge in [0.1, 0.15) is 0 Å². The summed E-state index contributed by atoms with van der Waals surface area (Å²) in [4.78, 5) is 0. The van der Waals surface area contributed by atoms with E-state index in [1.165, 1.54) is 64.3 Å². The van der Waals surface area contributed by atoms with E-state index in [0.29, 0.717) is 0 Å². The van der Waals surface area contributed by atoms with Gasteiger partial charge in [0.15, 0.2) is 0 Å². The highest BCUT2D eigenvalue weighted by Gasteiger charge is 2.23. The summed E-state index contributed by atoms with van der Waals surface area (Å²) in [6, 6.07) is 0. The molecule has 0 aromatic heterocycles. The maximum absolute atomic E-state index is 6.59. The summed E-state index contributed by atoms with van der Waals surface area (Å²) in [5.74, 6) is 0.817. The molecule has 2 heteroatoms. The maximum Gasteiger partial charge on any atom is 0.0151 e. The van der Waals surface area contributed by atoms with Crippen molar-refractivity contribution in [1.82, 2.24) is 5.32 Å². The first kappa shape index (κ1) is 19.9. The van der Waals surface area contributed by atoms with Crippen molar-refractivity contribution in [3.8, 4) is 0 Å². The minimum absolute atomic E-state index is 0.0885. The monoisotopic (exact) mass is 284 g/mol. The van der Waals surface area contributed by atoms with Crippen molar-refractivity contribution in [2.24, 2.45) is 11.7 Å². The van der Waals surface area contributed by atoms with Crippen molar-refractivity contribution in [3.05, 3.63) is 0 Å². The third-order valence-electron chi connectivity index (χ3n) is 4.68. The molecule has 2 nitrogen and oxygen atoms in total. The van der Waals surface area contributed by atoms with Crippen molar-refractivity contribution in [1.29, 1.82) is 0 Å². The SMILES string of the molecule is CCCCCC(CCC(N)(CC)CCCC)CNCC. The molecule has 3 N–H and O–H groups in total. The molecule has 0 aliphatic rings. The Bertz CT molecular complexity index is 206. The highest BCUT2D eigenvalue weighted by Crippen LogP contribution is 2.25. The molecule has 0 radical (unpaired) electrons. The smallest absolute Gasteiger partial charge is 0.0151 e. The van der Waals surface area contributed by atoms with Crippen LogP contribution in [-0.2, 0) is 0 Å². The van der Waals surface area contributed by atoms with Crippen LogP contribution in [0.5, 0.6) is 0 Å². The lowest BCUT2D eigenvalue weighted by molar-refractivity contribution is 0.291. The molecule has 0 saturated heterocycles. The minimum atomic E-state index is 0.0885. The summed E-state index contributed by atoms with van der Waals surface area (Å²) in [5, 5.41) is 3.53. The second-order valence-corrected chi connectivity index (χ2v) is 6.53. The highest BCUT2D eigenvalue weighted by molar-refractivity contribution is 4.83. The van der Waals surface area contributed by atoms with E-state index in [-0.39, 0.29) is 5.54 Å². The summed E-state index contributed by atoms with van der Waals surface area (Å²) >= 11 is 0. The van der Waals surface area contributed by atoms with Crippen molar-refractivity contribution < 1.29 is 0 Å². The van der Waals surface area contributed by atoms with Crippen LogP contribution in [-0.4, -0.2) is 18.6 Å². The van der Waals surface area contributed by atoms with Gasteiger partial charge in [0.05, 0.1) is 0 Å². The average Bonchev–Trinajstić information content (AvgIpc) is 2.47. The van der Waals surface area contributed by atoms with Gasteiger partial charge in [-0.05, 0) is 51.1 Å². The van der Waals surface area contributed by atoms with Crippen LogP contribution < -0.4 is 11.1 Å². The average molecular weight is 285 g/mol. The Balaban J connectivity index is 4.17. The zero-order chi connectivity index (χ0) is 15.3. The number of rotatable bonds is 14. The van der Waals surface area contributed by atoms with Gasteiger partial charge in [-0.15, -0.1) is 0 Å². The number of unbranched alkanes of at least 4 members (excludes halogenated alkanes) is 3. The van der Waals surface area contributed by atoms with Crippen LogP contribution in [0.3, 0.4) is 0 Å². The van der Waals surface area contributed by atoms with E-state index in [1.807, 2.05) is 0 Å². The molecule has 0 amide bonds. The lowest BCUT2D eigenvalue weighted by atomic mass is 9.82. The van der Waals surface area contributed by atoms with Crippen LogP contribution in [0.25, 0.3) is 0 Å². The van der Waals surface area contributed by atoms with Crippen molar-refractivity contribution in [3.63, 3.8) is 0 Å². The van der Waals surface area contributed by atoms with E-state index in [2.05, 4.69) is 33.0 Å². The molecule has 0 aliphatic carbocycles. The third kappa shape index (κ3) is 9.77. The molecule has 0 spiro atoms. The van der Waals surface area contributed by atoms with Crippen LogP contribution in [0.1, 0.15) is 91.9 Å². The molecule has 0 fully saturated rings. The zero-order valence-corrected chi connectivity index (χ0v) is 14.6. The van der Waals surface area contributed by atoms with Crippen LogP contribution in [0.15, 0.2) is 0 Å². The lowest BCUT2D eigenvalue weighted by Crippen LogP contribution is -2.40. The van der Waals surface area contributed by atoms with E-state index in [9.17, 15) is 0 Å². The largest absolute Gasteiger partial charge is 0.325 e. The predicted molar refractivity (Wildman–Crippen MR) is 92.1 cm³/mol. The highest BCUT2D eigenvalue weighted by atomic mass is 14.8. The van der Waals surface area contributed by atoms with Gasteiger partial charge in [0.25, 0.3) is 0 Å². The van der Waals surface area contributed by atoms with E-state index in [4.69, 9.17) is 5.73 Å². The Hall–Kier alpha value is -0.0800. The molecule has 2 unspecified atom stereocenters. The molecule has 20 heavy (non-hydrogen) atoms. The van der Waals surface area contributed by atoms with E-state index >= 15 is 0 Å². The molecule has 122 valence electrons. The van der Waals surface area contributed by atoms with Gasteiger partial charge in [-0.25, -0.2) is 0 Å². The van der Waals surface area contributed by atoms with Crippen LogP contribution in [0, 0.1) is 5.92 Å². The normalized spacial score (nSPS) is 16.1. The summed E-state index contributed by atoms with van der Waals surface area (Å²) in [7, 11) is 0. The van der Waals surface area contributed by atoms with Crippen LogP contribution in [0.4, 0.5) is 0 Å². The number of nitrogens with one attached hydrogen (secondary N) is 1. The summed E-state index contributed by atoms with van der Waals surface area (Å²) in [6.45, 7) is 11.3. The van der Waals surface area contributed by atoms with Crippen LogP contribution >= 0.6 is 0 Å². The number of hydrogen-bond acceptors (Lipinski definition) is 2. The van der Waals surface area contributed by atoms with Crippen molar-refractivity contribution >= 4 is 0 Å². The minimum Gasteiger partial charge on any atom is -0.325 e. The molecular formula is C18H40N2. The molecule has 0 rings (SSSR count). The lowest BCUT2D eigenvalue weighted by Gasteiger charge is -2.30. The quantitative estimate of drug-likeness (QED) is 0.447. The van der Waals surface area contributed by atoms with Gasteiger partial charge in [0.2, 0.25) is 0 Å². The third-order valence-corrected chi connectivity index (χ3v) is 4.68. The first-order valence-corrected chi connectivity index (χ1v) is 9.11. The zero-order valence-electron chi connectivity index (χ0n) is 14.6. The summed E-state index contributed by atoms with van der Waals surface area (Å²) < 4.78 is 0. The number of hydrogen-bond donors (Lipinski definition) is 2. The first-order chi connectivity index (χ1) is 9.61. The van der Waals surface area contributed by atoms with Crippen LogP contribution in [0.2, 0.25) is 0 Å². The molecule has 2 atom stereocenters. The Labute approximate surface area is 128 Å². The van der Waals surface area contributed by atoms with Gasteiger partial charge in [-0.3, -0.25) is 0 Å². The van der Waals surface area contributed by atoms with E-state index < -0.39 is 0 Å². The van der Waals surface area contributed by atoms with Gasteiger partial charge in [-0.1, -0.05) is 59.8 Å². The Morgan fingerprint density at radius 3 is 2.15 bits per heavy atom. The molecule has 0 saturated carbocycles. The van der Waals surface area contributed by atoms with Crippen molar-refractivity contribution in [2.45, 2.75) is 97.4 Å². The fraction of sp³-hybridized carbons (Fsp3) is 1.00. The number of nitrogens with two attached hydrogens (primary N) is 1. The maximum atomic E-state index is 6.59. The molecule has 0 aromatic rings. The van der Waals surface area contributed by atoms with Gasteiger partial charge < -0.3 is 11.1 Å². The predicted octanol–water partition coefficient (Wildman–Crippen LogP) is 4.87. The Morgan fingerprint density at radius 1 is 0.900 bits per heavy atom. The fourth-order valence-corrected chi connectivity index (χ4v) is 2.88. The van der Waals surface area contributed by atoms with Gasteiger partial charge in [0, 0.05) is 5.54 Å². The summed E-state index contributed by atoms with van der Waals surface area (Å²) in [6.07, 6.45) is 12.8. The van der Waals surface area contributed by atoms with Gasteiger partial charge >= 0.3 is 0 Å². The van der Waals surface area contributed by atoms with E-state index in [1.54, 1.807) is 0 Å². The molecule has 0 bridgehead atoms. The topological polar surface area (TPSA) is 38.0 Å². The summed E-state index contributed by atoms with van der Waals surface area (Å²) in [5.41, 5.74) is 6.68. The van der Waals surface area contributed by atoms with Crippen molar-refractivity contribution in [2.75, 3.05) is 13.1 Å². The fourth-order valence-electron chi connectivity index (χ4n) is 2.88. The standard InChI is InChI=1S/C18H40N2/c1-5-9-11-12-17(16-20-8-4)13-15-18(19,7-3)14-10-6-2/h17,20H,5-16,19H2,1-4H3. The molecule has 0 heterocycles. The molecule has 0 aliphatic heterocycles. The Kier molecular flexibility index (Phi) is 12.6. The molecular weight excluding hydrogens is 244 g/mol. The van der Waals surface area contributed by atoms with Gasteiger partial charge in [-0.2, -0.15) is 0 Å². The molecule has 0 aromatic carbocycles. The van der Waals surface area contributed by atoms with E-state index in [0.717, 1.165) is 18.9 Å². The second kappa shape index (κ2) is 12.6. The Morgan fingerprint density at radius 2 is 1.60 bits per heavy atom.